The highest BCUT2D eigenvalue weighted by atomic mass is 16.6. The number of rotatable bonds is 7. The quantitative estimate of drug-likeness (QED) is 0.505. The van der Waals surface area contributed by atoms with Crippen molar-refractivity contribution in [3.05, 3.63) is 89.6 Å². The molecule has 0 spiro atoms. The minimum absolute atomic E-state index is 0.00437. The van der Waals surface area contributed by atoms with Gasteiger partial charge >= 0.3 is 12.1 Å². The Balaban J connectivity index is 2.06. The van der Waals surface area contributed by atoms with Gasteiger partial charge in [-0.25, -0.2) is 9.59 Å². The largest absolute Gasteiger partial charge is 0.478 e. The SMILES string of the molecule is CC(C)(C)OC(=O)N[C@@H](Cc1ccccc1)[C@H](C#N)c1cc(-c2ccccn2)ccc1C(=O)O. The van der Waals surface area contributed by atoms with Crippen LogP contribution in [0.25, 0.3) is 11.3 Å². The van der Waals surface area contributed by atoms with E-state index in [0.29, 0.717) is 23.2 Å². The molecular weight excluding hydrogens is 430 g/mol. The summed E-state index contributed by atoms with van der Waals surface area (Å²) < 4.78 is 5.42. The van der Waals surface area contributed by atoms with Crippen LogP contribution < -0.4 is 5.32 Å². The molecule has 0 aliphatic rings. The zero-order chi connectivity index (χ0) is 24.7. The fourth-order valence-electron chi connectivity index (χ4n) is 3.66. The zero-order valence-corrected chi connectivity index (χ0v) is 19.4. The summed E-state index contributed by atoms with van der Waals surface area (Å²) in [5.74, 6) is -2.11. The number of carboxylic acid groups (broad SMARTS) is 1. The van der Waals surface area contributed by atoms with Gasteiger partial charge in [-0.15, -0.1) is 0 Å². The van der Waals surface area contributed by atoms with E-state index in [0.717, 1.165) is 5.56 Å². The van der Waals surface area contributed by atoms with Gasteiger partial charge in [-0.05, 0) is 62.6 Å². The maximum absolute atomic E-state index is 12.6. The summed E-state index contributed by atoms with van der Waals surface area (Å²) in [5.41, 5.74) is 1.79. The molecule has 3 rings (SSSR count). The summed E-state index contributed by atoms with van der Waals surface area (Å²) in [5, 5.41) is 22.8. The fraction of sp³-hybridized carbons (Fsp3) is 0.259. The van der Waals surface area contributed by atoms with E-state index in [1.54, 1.807) is 51.2 Å². The Morgan fingerprint density at radius 1 is 1.09 bits per heavy atom. The summed E-state index contributed by atoms with van der Waals surface area (Å²) in [6.07, 6.45) is 1.28. The van der Waals surface area contributed by atoms with Gasteiger partial charge in [0.05, 0.1) is 29.3 Å². The molecule has 0 bridgehead atoms. The molecule has 7 heteroatoms. The van der Waals surface area contributed by atoms with Crippen molar-refractivity contribution in [1.82, 2.24) is 10.3 Å². The zero-order valence-electron chi connectivity index (χ0n) is 19.4. The Bertz CT molecular complexity index is 1180. The summed E-state index contributed by atoms with van der Waals surface area (Å²) in [6, 6.07) is 21.1. The predicted octanol–water partition coefficient (Wildman–Crippen LogP) is 5.19. The number of amides is 1. The van der Waals surface area contributed by atoms with E-state index < -0.39 is 29.6 Å². The number of carbonyl (C=O) groups excluding carboxylic acids is 1. The number of hydrogen-bond acceptors (Lipinski definition) is 5. The van der Waals surface area contributed by atoms with Crippen LogP contribution in [0.4, 0.5) is 4.79 Å². The normalized spacial score (nSPS) is 12.8. The number of carbonyl (C=O) groups is 2. The third-order valence-electron chi connectivity index (χ3n) is 5.12. The Hall–Kier alpha value is -4.18. The van der Waals surface area contributed by atoms with Gasteiger partial charge in [-0.2, -0.15) is 5.26 Å². The highest BCUT2D eigenvalue weighted by molar-refractivity contribution is 5.91. The summed E-state index contributed by atoms with van der Waals surface area (Å²) in [4.78, 5) is 29.0. The number of ether oxygens (including phenoxy) is 1. The van der Waals surface area contributed by atoms with Gasteiger partial charge in [0, 0.05) is 11.8 Å². The van der Waals surface area contributed by atoms with Crippen LogP contribution in [-0.4, -0.2) is 33.8 Å². The van der Waals surface area contributed by atoms with Crippen LogP contribution >= 0.6 is 0 Å². The van der Waals surface area contributed by atoms with Gasteiger partial charge in [-0.3, -0.25) is 4.98 Å². The van der Waals surface area contributed by atoms with Gasteiger partial charge < -0.3 is 15.2 Å². The van der Waals surface area contributed by atoms with Crippen molar-refractivity contribution in [1.29, 1.82) is 5.26 Å². The summed E-state index contributed by atoms with van der Waals surface area (Å²) >= 11 is 0. The summed E-state index contributed by atoms with van der Waals surface area (Å²) in [6.45, 7) is 5.25. The standard InChI is InChI=1S/C27H27N3O4/c1-27(2,3)34-26(33)30-24(15-18-9-5-4-6-10-18)22(17-28)21-16-19(12-13-20(21)25(31)32)23-11-7-8-14-29-23/h4-14,16,22,24H,15H2,1-3H3,(H,30,33)(H,31,32)/t22-,24+/m1/s1. The topological polar surface area (TPSA) is 112 Å². The number of nitrogens with one attached hydrogen (secondary N) is 1. The van der Waals surface area contributed by atoms with E-state index >= 15 is 0 Å². The molecule has 2 aromatic carbocycles. The number of nitrogens with zero attached hydrogens (tertiary/aromatic N) is 2. The maximum atomic E-state index is 12.6. The van der Waals surface area contributed by atoms with Crippen LogP contribution in [0.2, 0.25) is 0 Å². The van der Waals surface area contributed by atoms with Crippen LogP contribution in [-0.2, 0) is 11.2 Å². The summed E-state index contributed by atoms with van der Waals surface area (Å²) in [7, 11) is 0. The van der Waals surface area contributed by atoms with Gasteiger partial charge in [0.15, 0.2) is 0 Å². The van der Waals surface area contributed by atoms with Gasteiger partial charge in [0.1, 0.15) is 5.60 Å². The molecule has 0 fully saturated rings. The Morgan fingerprint density at radius 2 is 1.79 bits per heavy atom. The number of aromatic nitrogens is 1. The van der Waals surface area contributed by atoms with Crippen LogP contribution in [0.5, 0.6) is 0 Å². The lowest BCUT2D eigenvalue weighted by molar-refractivity contribution is 0.0500. The molecule has 3 aromatic rings. The number of nitriles is 1. The first-order valence-corrected chi connectivity index (χ1v) is 10.9. The lowest BCUT2D eigenvalue weighted by Gasteiger charge is -2.27. The molecule has 0 unspecified atom stereocenters. The molecule has 2 N–H and O–H groups in total. The predicted molar refractivity (Wildman–Crippen MR) is 128 cm³/mol. The van der Waals surface area contributed by atoms with Crippen LogP contribution in [0.1, 0.15) is 48.2 Å². The lowest BCUT2D eigenvalue weighted by Crippen LogP contribution is -2.43. The van der Waals surface area contributed by atoms with Crippen LogP contribution in [0.3, 0.4) is 0 Å². The van der Waals surface area contributed by atoms with Crippen molar-refractivity contribution in [2.75, 3.05) is 0 Å². The number of carboxylic acids is 1. The van der Waals surface area contributed by atoms with E-state index in [1.165, 1.54) is 6.07 Å². The van der Waals surface area contributed by atoms with Crippen molar-refractivity contribution in [3.63, 3.8) is 0 Å². The highest BCUT2D eigenvalue weighted by Crippen LogP contribution is 2.30. The average molecular weight is 458 g/mol. The van der Waals surface area contributed by atoms with Crippen LogP contribution in [0.15, 0.2) is 72.9 Å². The van der Waals surface area contributed by atoms with Crippen LogP contribution in [0, 0.1) is 11.3 Å². The smallest absolute Gasteiger partial charge is 0.407 e. The lowest BCUT2D eigenvalue weighted by atomic mass is 9.84. The molecule has 34 heavy (non-hydrogen) atoms. The molecule has 0 saturated heterocycles. The number of aromatic carboxylic acids is 1. The van der Waals surface area contributed by atoms with Crippen molar-refractivity contribution < 1.29 is 19.4 Å². The van der Waals surface area contributed by atoms with Gasteiger partial charge in [0.2, 0.25) is 0 Å². The van der Waals surface area contributed by atoms with Crippen molar-refractivity contribution >= 4 is 12.1 Å². The number of pyridine rings is 1. The van der Waals surface area contributed by atoms with E-state index in [1.807, 2.05) is 36.4 Å². The Labute approximate surface area is 199 Å². The molecule has 174 valence electrons. The number of alkyl carbamates (subject to hydrolysis) is 1. The number of benzene rings is 2. The van der Waals surface area contributed by atoms with E-state index in [-0.39, 0.29) is 5.56 Å². The monoisotopic (exact) mass is 457 g/mol. The molecule has 2 atom stereocenters. The first-order chi connectivity index (χ1) is 16.2. The molecule has 0 radical (unpaired) electrons. The molecule has 1 heterocycles. The van der Waals surface area contributed by atoms with Crippen molar-refractivity contribution in [3.8, 4) is 17.3 Å². The fourth-order valence-corrected chi connectivity index (χ4v) is 3.66. The Kier molecular flexibility index (Phi) is 7.64. The minimum atomic E-state index is -1.15. The van der Waals surface area contributed by atoms with Gasteiger partial charge in [-0.1, -0.05) is 42.5 Å². The third-order valence-corrected chi connectivity index (χ3v) is 5.12. The first-order valence-electron chi connectivity index (χ1n) is 10.9. The minimum Gasteiger partial charge on any atom is -0.478 e. The molecule has 7 nitrogen and oxygen atoms in total. The number of hydrogen-bond donors (Lipinski definition) is 2. The molecule has 0 aliphatic carbocycles. The second-order valence-corrected chi connectivity index (χ2v) is 8.87. The van der Waals surface area contributed by atoms with Gasteiger partial charge in [0.25, 0.3) is 0 Å². The second-order valence-electron chi connectivity index (χ2n) is 8.87. The maximum Gasteiger partial charge on any atom is 0.407 e. The van der Waals surface area contributed by atoms with E-state index in [2.05, 4.69) is 16.4 Å². The van der Waals surface area contributed by atoms with E-state index in [9.17, 15) is 20.0 Å². The Morgan fingerprint density at radius 3 is 2.38 bits per heavy atom. The molecule has 1 aromatic heterocycles. The van der Waals surface area contributed by atoms with E-state index in [4.69, 9.17) is 4.74 Å². The third kappa shape index (κ3) is 6.42. The average Bonchev–Trinajstić information content (AvgIpc) is 2.79. The highest BCUT2D eigenvalue weighted by Gasteiger charge is 2.31. The first kappa shape index (κ1) is 24.5. The molecule has 0 saturated carbocycles. The van der Waals surface area contributed by atoms with Crippen molar-refractivity contribution in [2.45, 2.75) is 44.8 Å². The molecule has 1 amide bonds. The van der Waals surface area contributed by atoms with Crippen molar-refractivity contribution in [2.24, 2.45) is 0 Å². The molecule has 0 aliphatic heterocycles. The molecular formula is C27H27N3O4. The second kappa shape index (κ2) is 10.6.